The van der Waals surface area contributed by atoms with Gasteiger partial charge in [-0.15, -0.1) is 5.92 Å². The Labute approximate surface area is 167 Å². The lowest BCUT2D eigenvalue weighted by atomic mass is 10.1. The molecule has 0 unspecified atom stereocenters. The second kappa shape index (κ2) is 9.42. The fourth-order valence-corrected chi connectivity index (χ4v) is 3.71. The van der Waals surface area contributed by atoms with Crippen molar-refractivity contribution in [3.05, 3.63) is 0 Å². The molecule has 1 heterocycles. The van der Waals surface area contributed by atoms with Gasteiger partial charge in [-0.05, 0) is 60.3 Å². The van der Waals surface area contributed by atoms with Gasteiger partial charge in [0.25, 0.3) is 0 Å². The molecule has 0 bridgehead atoms. The predicted molar refractivity (Wildman–Crippen MR) is 104 cm³/mol. The van der Waals surface area contributed by atoms with E-state index in [9.17, 15) is 14.4 Å². The minimum Gasteiger partial charge on any atom is -0.444 e. The summed E-state index contributed by atoms with van der Waals surface area (Å²) in [6, 6.07) is -1.59. The van der Waals surface area contributed by atoms with Crippen LogP contribution in [0.4, 0.5) is 4.79 Å². The number of hydrogen-bond donors (Lipinski definition) is 1. The Balaban J connectivity index is 2.02. The van der Waals surface area contributed by atoms with Gasteiger partial charge in [0.1, 0.15) is 17.7 Å². The van der Waals surface area contributed by atoms with Gasteiger partial charge in [0, 0.05) is 6.04 Å². The molecule has 0 spiro atoms. The summed E-state index contributed by atoms with van der Waals surface area (Å²) in [6.45, 7) is 8.68. The molecular weight excluding hydrogens is 360 g/mol. The van der Waals surface area contributed by atoms with Crippen molar-refractivity contribution < 1.29 is 23.9 Å². The van der Waals surface area contributed by atoms with E-state index in [1.54, 1.807) is 34.6 Å². The third kappa shape index (κ3) is 5.96. The summed E-state index contributed by atoms with van der Waals surface area (Å²) < 4.78 is 10.6. The molecule has 1 saturated carbocycles. The first-order chi connectivity index (χ1) is 13.1. The van der Waals surface area contributed by atoms with Crippen molar-refractivity contribution in [2.45, 2.75) is 103 Å². The molecule has 28 heavy (non-hydrogen) atoms. The fraction of sp³-hybridized carbons (Fsp3) is 0.762. The van der Waals surface area contributed by atoms with Gasteiger partial charge in [0.05, 0.1) is 6.04 Å². The first-order valence-corrected chi connectivity index (χ1v) is 10.1. The molecule has 2 rings (SSSR count). The van der Waals surface area contributed by atoms with Crippen molar-refractivity contribution in [2.24, 2.45) is 0 Å². The molecule has 0 aromatic carbocycles. The van der Waals surface area contributed by atoms with Crippen LogP contribution in [0.15, 0.2) is 0 Å². The van der Waals surface area contributed by atoms with Gasteiger partial charge in [-0.3, -0.25) is 10.2 Å². The van der Waals surface area contributed by atoms with Crippen molar-refractivity contribution in [3.8, 4) is 11.8 Å². The van der Waals surface area contributed by atoms with Gasteiger partial charge in [0.2, 0.25) is 0 Å². The van der Waals surface area contributed by atoms with Gasteiger partial charge >= 0.3 is 18.0 Å². The van der Waals surface area contributed by atoms with Gasteiger partial charge in [0.15, 0.2) is 0 Å². The molecule has 1 saturated heterocycles. The van der Waals surface area contributed by atoms with Crippen LogP contribution >= 0.6 is 0 Å². The summed E-state index contributed by atoms with van der Waals surface area (Å²) in [4.78, 5) is 39.2. The van der Waals surface area contributed by atoms with E-state index in [2.05, 4.69) is 17.2 Å². The standard InChI is InChI=1S/C21H32N2O5/c1-6-9-15-12-13-17(22-15)19(25)27-18(24)14(2)23(16-10-7-8-11-16)20(26)28-21(3,4)5/h14-17,22H,7-8,10-13H2,1-5H3/t14-,15-,17-/m0/s1. The van der Waals surface area contributed by atoms with Crippen LogP contribution in [0.2, 0.25) is 0 Å². The molecule has 156 valence electrons. The number of carbonyl (C=O) groups is 3. The highest BCUT2D eigenvalue weighted by Gasteiger charge is 2.39. The minimum atomic E-state index is -0.894. The summed E-state index contributed by atoms with van der Waals surface area (Å²) in [5.41, 5.74) is -0.670. The van der Waals surface area contributed by atoms with E-state index in [-0.39, 0.29) is 12.1 Å². The highest BCUT2D eigenvalue weighted by Crippen LogP contribution is 2.27. The molecule has 1 N–H and O–H groups in total. The lowest BCUT2D eigenvalue weighted by molar-refractivity contribution is -0.164. The molecule has 0 aromatic rings. The fourth-order valence-electron chi connectivity index (χ4n) is 3.71. The summed E-state index contributed by atoms with van der Waals surface area (Å²) >= 11 is 0. The molecule has 1 aliphatic heterocycles. The number of carbonyl (C=O) groups excluding carboxylic acids is 3. The first-order valence-electron chi connectivity index (χ1n) is 10.1. The van der Waals surface area contributed by atoms with Crippen LogP contribution in [0, 0.1) is 11.8 Å². The van der Waals surface area contributed by atoms with Gasteiger partial charge in [-0.25, -0.2) is 14.4 Å². The zero-order valence-corrected chi connectivity index (χ0v) is 17.5. The summed E-state index contributed by atoms with van der Waals surface area (Å²) in [6.07, 6.45) is 4.37. The van der Waals surface area contributed by atoms with Gasteiger partial charge in [-0.2, -0.15) is 0 Å². The number of rotatable bonds is 4. The molecule has 0 aromatic heterocycles. The van der Waals surface area contributed by atoms with Crippen LogP contribution in [0.1, 0.15) is 73.1 Å². The van der Waals surface area contributed by atoms with Crippen molar-refractivity contribution in [2.75, 3.05) is 0 Å². The molecule has 2 aliphatic rings. The Morgan fingerprint density at radius 1 is 1.11 bits per heavy atom. The number of amides is 1. The van der Waals surface area contributed by atoms with E-state index in [4.69, 9.17) is 9.47 Å². The molecule has 3 atom stereocenters. The zero-order valence-electron chi connectivity index (χ0n) is 17.5. The lowest BCUT2D eigenvalue weighted by Crippen LogP contribution is -2.51. The SMILES string of the molecule is CC#C[C@H]1CC[C@@H](C(=O)OC(=O)[C@H](C)N(C(=O)OC(C)(C)C)C2CCCC2)N1. The third-order valence-corrected chi connectivity index (χ3v) is 5.03. The maximum absolute atomic E-state index is 12.7. The largest absolute Gasteiger partial charge is 0.444 e. The minimum absolute atomic E-state index is 0.0631. The number of esters is 2. The van der Waals surface area contributed by atoms with Crippen molar-refractivity contribution >= 4 is 18.0 Å². The van der Waals surface area contributed by atoms with E-state index < -0.39 is 35.7 Å². The normalized spacial score (nSPS) is 23.5. The van der Waals surface area contributed by atoms with Crippen LogP contribution in [0.25, 0.3) is 0 Å². The maximum atomic E-state index is 12.7. The van der Waals surface area contributed by atoms with E-state index in [0.717, 1.165) is 32.1 Å². The van der Waals surface area contributed by atoms with Crippen LogP contribution in [-0.4, -0.2) is 52.7 Å². The Bertz CT molecular complexity index is 652. The molecule has 1 aliphatic carbocycles. The van der Waals surface area contributed by atoms with Crippen LogP contribution in [-0.2, 0) is 19.1 Å². The third-order valence-electron chi connectivity index (χ3n) is 5.03. The van der Waals surface area contributed by atoms with Crippen LogP contribution in [0.5, 0.6) is 0 Å². The highest BCUT2D eigenvalue weighted by atomic mass is 16.6. The van der Waals surface area contributed by atoms with E-state index in [1.807, 2.05) is 0 Å². The van der Waals surface area contributed by atoms with Crippen molar-refractivity contribution in [1.29, 1.82) is 0 Å². The summed E-state index contributed by atoms with van der Waals surface area (Å²) in [5.74, 6) is 4.44. The first kappa shape index (κ1) is 22.2. The average molecular weight is 392 g/mol. The average Bonchev–Trinajstić information content (AvgIpc) is 3.25. The quantitative estimate of drug-likeness (QED) is 0.450. The topological polar surface area (TPSA) is 84.9 Å². The molecule has 0 radical (unpaired) electrons. The van der Waals surface area contributed by atoms with Gasteiger partial charge < -0.3 is 9.47 Å². The zero-order chi connectivity index (χ0) is 20.9. The Morgan fingerprint density at radius 3 is 2.32 bits per heavy atom. The molecule has 7 nitrogen and oxygen atoms in total. The second-order valence-corrected chi connectivity index (χ2v) is 8.49. The van der Waals surface area contributed by atoms with E-state index >= 15 is 0 Å². The van der Waals surface area contributed by atoms with Crippen molar-refractivity contribution in [3.63, 3.8) is 0 Å². The number of nitrogens with one attached hydrogen (secondary N) is 1. The Morgan fingerprint density at radius 2 is 1.75 bits per heavy atom. The Hall–Kier alpha value is -2.07. The lowest BCUT2D eigenvalue weighted by Gasteiger charge is -2.34. The van der Waals surface area contributed by atoms with Crippen LogP contribution in [0.3, 0.4) is 0 Å². The van der Waals surface area contributed by atoms with E-state index in [0.29, 0.717) is 6.42 Å². The maximum Gasteiger partial charge on any atom is 0.411 e. The van der Waals surface area contributed by atoms with Gasteiger partial charge in [-0.1, -0.05) is 18.8 Å². The number of nitrogens with zero attached hydrogens (tertiary/aromatic N) is 1. The van der Waals surface area contributed by atoms with Crippen LogP contribution < -0.4 is 5.32 Å². The highest BCUT2D eigenvalue weighted by molar-refractivity contribution is 5.92. The second-order valence-electron chi connectivity index (χ2n) is 8.49. The molecule has 2 fully saturated rings. The monoisotopic (exact) mass is 392 g/mol. The smallest absolute Gasteiger partial charge is 0.411 e. The molecule has 7 heteroatoms. The molecular formula is C21H32N2O5. The molecule has 1 amide bonds. The Kier molecular flexibility index (Phi) is 7.48. The van der Waals surface area contributed by atoms with E-state index in [1.165, 1.54) is 4.90 Å². The van der Waals surface area contributed by atoms with Crippen molar-refractivity contribution in [1.82, 2.24) is 10.2 Å². The summed E-state index contributed by atoms with van der Waals surface area (Å²) in [7, 11) is 0. The summed E-state index contributed by atoms with van der Waals surface area (Å²) in [5, 5.41) is 3.07. The predicted octanol–water partition coefficient (Wildman–Crippen LogP) is 2.77. The number of hydrogen-bond acceptors (Lipinski definition) is 6. The number of ether oxygens (including phenoxy) is 2.